The van der Waals surface area contributed by atoms with E-state index in [0.29, 0.717) is 5.95 Å². The van der Waals surface area contributed by atoms with Gasteiger partial charge < -0.3 is 5.73 Å². The Bertz CT molecular complexity index is 273. The lowest BCUT2D eigenvalue weighted by Gasteiger charge is -2.01. The van der Waals surface area contributed by atoms with Gasteiger partial charge in [0.15, 0.2) is 0 Å². The van der Waals surface area contributed by atoms with E-state index < -0.39 is 0 Å². The van der Waals surface area contributed by atoms with Gasteiger partial charge in [-0.1, -0.05) is 39.0 Å². The van der Waals surface area contributed by atoms with Crippen LogP contribution in [0.2, 0.25) is 0 Å². The highest BCUT2D eigenvalue weighted by atomic mass is 15.0. The number of nitrogen functional groups attached to an aromatic ring is 1. The van der Waals surface area contributed by atoms with Crippen molar-refractivity contribution in [1.82, 2.24) is 9.97 Å². The van der Waals surface area contributed by atoms with Gasteiger partial charge in [-0.3, -0.25) is 0 Å². The highest BCUT2D eigenvalue weighted by Gasteiger charge is 1.96. The Labute approximate surface area is 92.1 Å². The molecule has 0 fully saturated rings. The summed E-state index contributed by atoms with van der Waals surface area (Å²) in [4.78, 5) is 8.05. The smallest absolute Gasteiger partial charge is 0.220 e. The van der Waals surface area contributed by atoms with Gasteiger partial charge in [0.2, 0.25) is 5.95 Å². The Morgan fingerprint density at radius 2 is 1.87 bits per heavy atom. The number of unbranched alkanes of at least 4 members (excludes halogenated alkanes) is 5. The van der Waals surface area contributed by atoms with Crippen molar-refractivity contribution >= 4 is 5.95 Å². The van der Waals surface area contributed by atoms with E-state index in [1.54, 1.807) is 6.20 Å². The molecule has 0 aliphatic heterocycles. The molecular formula is C12H21N3. The summed E-state index contributed by atoms with van der Waals surface area (Å²) in [7, 11) is 0. The number of aryl methyl sites for hydroxylation is 1. The maximum Gasteiger partial charge on any atom is 0.220 e. The van der Waals surface area contributed by atoms with Crippen LogP contribution in [0.3, 0.4) is 0 Å². The quantitative estimate of drug-likeness (QED) is 0.699. The lowest BCUT2D eigenvalue weighted by atomic mass is 10.1. The Morgan fingerprint density at radius 3 is 2.60 bits per heavy atom. The fourth-order valence-corrected chi connectivity index (χ4v) is 1.64. The van der Waals surface area contributed by atoms with Crippen molar-refractivity contribution in [3.05, 3.63) is 18.0 Å². The molecular weight excluding hydrogens is 186 g/mol. The molecule has 0 radical (unpaired) electrons. The zero-order valence-corrected chi connectivity index (χ0v) is 9.58. The molecule has 0 unspecified atom stereocenters. The third kappa shape index (κ3) is 5.35. The molecule has 0 atom stereocenters. The highest BCUT2D eigenvalue weighted by molar-refractivity contribution is 5.17. The van der Waals surface area contributed by atoms with Gasteiger partial charge in [0.1, 0.15) is 0 Å². The minimum absolute atomic E-state index is 0.387. The van der Waals surface area contributed by atoms with Gasteiger partial charge in [0.25, 0.3) is 0 Å². The first kappa shape index (κ1) is 12.0. The van der Waals surface area contributed by atoms with Crippen LogP contribution in [0.15, 0.2) is 12.3 Å². The van der Waals surface area contributed by atoms with Crippen LogP contribution >= 0.6 is 0 Å². The van der Waals surface area contributed by atoms with Crippen LogP contribution < -0.4 is 5.73 Å². The molecule has 84 valence electrons. The standard InChI is InChI=1S/C12H21N3/c1-2-3-4-5-6-7-8-11-9-10-14-12(13)15-11/h9-10H,2-8H2,1H3,(H2,13,14,15). The van der Waals surface area contributed by atoms with Crippen LogP contribution in [0.4, 0.5) is 5.95 Å². The average Bonchev–Trinajstić information content (AvgIpc) is 2.23. The van der Waals surface area contributed by atoms with Crippen LogP contribution in [0, 0.1) is 0 Å². The lowest BCUT2D eigenvalue weighted by Crippen LogP contribution is -1.98. The molecule has 0 saturated carbocycles. The van der Waals surface area contributed by atoms with Gasteiger partial charge in [-0.05, 0) is 18.9 Å². The summed E-state index contributed by atoms with van der Waals surface area (Å²) in [5.41, 5.74) is 6.57. The molecule has 0 aromatic carbocycles. The summed E-state index contributed by atoms with van der Waals surface area (Å²) in [6.07, 6.45) is 10.6. The first-order chi connectivity index (χ1) is 7.33. The summed E-state index contributed by atoms with van der Waals surface area (Å²) >= 11 is 0. The molecule has 3 heteroatoms. The monoisotopic (exact) mass is 207 g/mol. The highest BCUT2D eigenvalue weighted by Crippen LogP contribution is 2.08. The van der Waals surface area contributed by atoms with E-state index in [2.05, 4.69) is 16.9 Å². The number of anilines is 1. The predicted octanol–water partition coefficient (Wildman–Crippen LogP) is 2.96. The van der Waals surface area contributed by atoms with Crippen LogP contribution in [0.25, 0.3) is 0 Å². The van der Waals surface area contributed by atoms with Gasteiger partial charge in [-0.25, -0.2) is 9.97 Å². The van der Waals surface area contributed by atoms with Crippen molar-refractivity contribution in [1.29, 1.82) is 0 Å². The number of hydrogen-bond donors (Lipinski definition) is 1. The maximum atomic E-state index is 5.51. The van der Waals surface area contributed by atoms with E-state index in [0.717, 1.165) is 12.1 Å². The molecule has 1 aromatic rings. The van der Waals surface area contributed by atoms with Crippen molar-refractivity contribution in [3.8, 4) is 0 Å². The van der Waals surface area contributed by atoms with E-state index in [1.807, 2.05) is 6.07 Å². The number of nitrogens with two attached hydrogens (primary N) is 1. The summed E-state index contributed by atoms with van der Waals surface area (Å²) in [5.74, 6) is 0.387. The first-order valence-corrected chi connectivity index (χ1v) is 5.90. The van der Waals surface area contributed by atoms with Crippen LogP contribution in [-0.2, 0) is 6.42 Å². The van der Waals surface area contributed by atoms with Crippen LogP contribution in [0.1, 0.15) is 51.1 Å². The van der Waals surface area contributed by atoms with E-state index in [4.69, 9.17) is 5.73 Å². The van der Waals surface area contributed by atoms with E-state index >= 15 is 0 Å². The molecule has 2 N–H and O–H groups in total. The Kier molecular flexibility index (Phi) is 5.74. The summed E-state index contributed by atoms with van der Waals surface area (Å²) in [6.45, 7) is 2.24. The zero-order valence-electron chi connectivity index (χ0n) is 9.58. The van der Waals surface area contributed by atoms with Crippen LogP contribution in [-0.4, -0.2) is 9.97 Å². The molecule has 3 nitrogen and oxygen atoms in total. The molecule has 15 heavy (non-hydrogen) atoms. The van der Waals surface area contributed by atoms with Gasteiger partial charge >= 0.3 is 0 Å². The maximum absolute atomic E-state index is 5.51. The van der Waals surface area contributed by atoms with Gasteiger partial charge in [-0.2, -0.15) is 0 Å². The number of nitrogens with zero attached hydrogens (tertiary/aromatic N) is 2. The lowest BCUT2D eigenvalue weighted by molar-refractivity contribution is 0.604. The second kappa shape index (κ2) is 7.21. The summed E-state index contributed by atoms with van der Waals surface area (Å²) in [6, 6.07) is 1.95. The third-order valence-electron chi connectivity index (χ3n) is 2.52. The molecule has 1 aromatic heterocycles. The zero-order chi connectivity index (χ0) is 10.9. The van der Waals surface area contributed by atoms with Gasteiger partial charge in [0, 0.05) is 11.9 Å². The minimum atomic E-state index is 0.387. The average molecular weight is 207 g/mol. The third-order valence-corrected chi connectivity index (χ3v) is 2.52. The summed E-state index contributed by atoms with van der Waals surface area (Å²) in [5, 5.41) is 0. The topological polar surface area (TPSA) is 51.8 Å². The largest absolute Gasteiger partial charge is 0.368 e. The Balaban J connectivity index is 2.10. The molecule has 0 aliphatic carbocycles. The van der Waals surface area contributed by atoms with Crippen molar-refractivity contribution in [2.45, 2.75) is 51.9 Å². The Morgan fingerprint density at radius 1 is 1.13 bits per heavy atom. The minimum Gasteiger partial charge on any atom is -0.368 e. The van der Waals surface area contributed by atoms with Gasteiger partial charge in [-0.15, -0.1) is 0 Å². The van der Waals surface area contributed by atoms with E-state index in [9.17, 15) is 0 Å². The number of hydrogen-bond acceptors (Lipinski definition) is 3. The Hall–Kier alpha value is -1.12. The fraction of sp³-hybridized carbons (Fsp3) is 0.667. The van der Waals surface area contributed by atoms with E-state index in [-0.39, 0.29) is 0 Å². The molecule has 0 amide bonds. The molecule has 0 bridgehead atoms. The molecule has 0 saturated heterocycles. The second-order valence-electron chi connectivity index (χ2n) is 3.92. The van der Waals surface area contributed by atoms with Crippen LogP contribution in [0.5, 0.6) is 0 Å². The predicted molar refractivity (Wildman–Crippen MR) is 63.5 cm³/mol. The molecule has 0 aliphatic rings. The van der Waals surface area contributed by atoms with Gasteiger partial charge in [0.05, 0.1) is 0 Å². The summed E-state index contributed by atoms with van der Waals surface area (Å²) < 4.78 is 0. The van der Waals surface area contributed by atoms with Crippen molar-refractivity contribution < 1.29 is 0 Å². The SMILES string of the molecule is CCCCCCCCc1ccnc(N)n1. The molecule has 0 spiro atoms. The fourth-order valence-electron chi connectivity index (χ4n) is 1.64. The van der Waals surface area contributed by atoms with E-state index in [1.165, 1.54) is 38.5 Å². The number of aromatic nitrogens is 2. The van der Waals surface area contributed by atoms with Crippen molar-refractivity contribution in [3.63, 3.8) is 0 Å². The van der Waals surface area contributed by atoms with Crippen molar-refractivity contribution in [2.24, 2.45) is 0 Å². The molecule has 1 rings (SSSR count). The van der Waals surface area contributed by atoms with Crippen molar-refractivity contribution in [2.75, 3.05) is 5.73 Å². The number of rotatable bonds is 7. The first-order valence-electron chi connectivity index (χ1n) is 5.90. The normalized spacial score (nSPS) is 10.5. The molecule has 1 heterocycles. The second-order valence-corrected chi connectivity index (χ2v) is 3.92.